The maximum atomic E-state index is 11.9. The fraction of sp³-hybridized carbons (Fsp3) is 0.818. The van der Waals surface area contributed by atoms with Crippen LogP contribution < -0.4 is 5.73 Å². The lowest BCUT2D eigenvalue weighted by atomic mass is 9.95. The monoisotopic (exact) mass is 230 g/mol. The van der Waals surface area contributed by atoms with Gasteiger partial charge in [0.15, 0.2) is 0 Å². The van der Waals surface area contributed by atoms with Crippen molar-refractivity contribution in [2.45, 2.75) is 33.2 Å². The van der Waals surface area contributed by atoms with E-state index in [1.807, 2.05) is 13.8 Å². The highest BCUT2D eigenvalue weighted by molar-refractivity contribution is 5.84. The summed E-state index contributed by atoms with van der Waals surface area (Å²) in [5, 5.41) is 8.81. The van der Waals surface area contributed by atoms with E-state index >= 15 is 0 Å². The molecule has 0 aromatic heterocycles. The molecular formula is C11H22N2O3. The highest BCUT2D eigenvalue weighted by atomic mass is 16.4. The van der Waals surface area contributed by atoms with Crippen molar-refractivity contribution in [3.8, 4) is 0 Å². The number of amides is 1. The number of carboxylic acid groups (broad SMARTS) is 1. The lowest BCUT2D eigenvalue weighted by Gasteiger charge is -2.26. The molecule has 0 spiro atoms. The molecule has 0 fully saturated rings. The molecule has 16 heavy (non-hydrogen) atoms. The Hall–Kier alpha value is -1.10. The smallest absolute Gasteiger partial charge is 0.326 e. The van der Waals surface area contributed by atoms with E-state index < -0.39 is 12.0 Å². The minimum atomic E-state index is -1.00. The van der Waals surface area contributed by atoms with Crippen LogP contribution in [-0.4, -0.2) is 41.5 Å². The average Bonchev–Trinajstić information content (AvgIpc) is 2.22. The van der Waals surface area contributed by atoms with Gasteiger partial charge in [-0.15, -0.1) is 0 Å². The number of hydrogen-bond acceptors (Lipinski definition) is 3. The average molecular weight is 230 g/mol. The third-order valence-electron chi connectivity index (χ3n) is 2.68. The van der Waals surface area contributed by atoms with Crippen molar-refractivity contribution in [3.05, 3.63) is 0 Å². The van der Waals surface area contributed by atoms with Crippen LogP contribution in [0.4, 0.5) is 0 Å². The summed E-state index contributed by atoms with van der Waals surface area (Å²) >= 11 is 0. The second-order valence-electron chi connectivity index (χ2n) is 4.53. The van der Waals surface area contributed by atoms with Gasteiger partial charge in [0.1, 0.15) is 6.04 Å². The minimum absolute atomic E-state index is 0.189. The van der Waals surface area contributed by atoms with Gasteiger partial charge in [-0.3, -0.25) is 4.79 Å². The molecule has 5 nitrogen and oxygen atoms in total. The van der Waals surface area contributed by atoms with E-state index in [2.05, 4.69) is 0 Å². The van der Waals surface area contributed by atoms with E-state index in [0.29, 0.717) is 12.3 Å². The summed E-state index contributed by atoms with van der Waals surface area (Å²) in [5.74, 6) is -1.11. The molecule has 0 bridgehead atoms. The molecule has 0 saturated carbocycles. The van der Waals surface area contributed by atoms with E-state index in [1.165, 1.54) is 18.9 Å². The predicted molar refractivity (Wildman–Crippen MR) is 61.9 cm³/mol. The zero-order chi connectivity index (χ0) is 12.9. The number of rotatable bonds is 6. The Bertz CT molecular complexity index is 254. The number of carbonyl (C=O) groups is 2. The van der Waals surface area contributed by atoms with Gasteiger partial charge in [-0.05, 0) is 19.3 Å². The van der Waals surface area contributed by atoms with E-state index in [9.17, 15) is 9.59 Å². The molecule has 0 rings (SSSR count). The first-order chi connectivity index (χ1) is 7.31. The quantitative estimate of drug-likeness (QED) is 0.697. The van der Waals surface area contributed by atoms with Gasteiger partial charge in [-0.2, -0.15) is 0 Å². The normalized spacial score (nSPS) is 14.6. The maximum Gasteiger partial charge on any atom is 0.326 e. The SMILES string of the molecule is CC(C)CC(CN)C(=O)N(C)C(C)C(=O)O. The molecule has 0 aliphatic heterocycles. The minimum Gasteiger partial charge on any atom is -0.480 e. The molecule has 0 aliphatic rings. The van der Waals surface area contributed by atoms with Gasteiger partial charge in [-0.1, -0.05) is 13.8 Å². The number of hydrogen-bond donors (Lipinski definition) is 2. The zero-order valence-electron chi connectivity index (χ0n) is 10.4. The first-order valence-corrected chi connectivity index (χ1v) is 5.50. The molecule has 94 valence electrons. The number of aliphatic carboxylic acids is 1. The summed E-state index contributed by atoms with van der Waals surface area (Å²) in [4.78, 5) is 23.9. The Morgan fingerprint density at radius 2 is 1.81 bits per heavy atom. The molecule has 5 heteroatoms. The molecule has 2 unspecified atom stereocenters. The molecule has 1 amide bonds. The summed E-state index contributed by atoms with van der Waals surface area (Å²) in [6.45, 7) is 5.77. The Kier molecular flexibility index (Phi) is 6.03. The van der Waals surface area contributed by atoms with Gasteiger partial charge in [0.05, 0.1) is 5.92 Å². The van der Waals surface area contributed by atoms with Gasteiger partial charge in [0.25, 0.3) is 0 Å². The van der Waals surface area contributed by atoms with Crippen molar-refractivity contribution in [2.75, 3.05) is 13.6 Å². The molecular weight excluding hydrogens is 208 g/mol. The van der Waals surface area contributed by atoms with Crippen LogP contribution in [-0.2, 0) is 9.59 Å². The molecule has 2 atom stereocenters. The molecule has 3 N–H and O–H groups in total. The van der Waals surface area contributed by atoms with Crippen molar-refractivity contribution in [1.29, 1.82) is 0 Å². The third kappa shape index (κ3) is 4.18. The Morgan fingerprint density at radius 3 is 2.12 bits per heavy atom. The largest absolute Gasteiger partial charge is 0.480 e. The summed E-state index contributed by atoms with van der Waals surface area (Å²) in [6.07, 6.45) is 0.687. The molecule has 0 aromatic carbocycles. The lowest BCUT2D eigenvalue weighted by Crippen LogP contribution is -2.45. The van der Waals surface area contributed by atoms with Crippen LogP contribution in [0.3, 0.4) is 0 Å². The number of nitrogens with two attached hydrogens (primary N) is 1. The topological polar surface area (TPSA) is 83.6 Å². The first-order valence-electron chi connectivity index (χ1n) is 5.50. The standard InChI is InChI=1S/C11H22N2O3/c1-7(2)5-9(6-12)10(14)13(4)8(3)11(15)16/h7-9H,5-6,12H2,1-4H3,(H,15,16). The van der Waals surface area contributed by atoms with Crippen LogP contribution in [0.1, 0.15) is 27.2 Å². The fourth-order valence-electron chi connectivity index (χ4n) is 1.51. The molecule has 0 aliphatic carbocycles. The lowest BCUT2D eigenvalue weighted by molar-refractivity contribution is -0.150. The van der Waals surface area contributed by atoms with E-state index in [4.69, 9.17) is 10.8 Å². The number of likely N-dealkylation sites (N-methyl/N-ethyl adjacent to an activating group) is 1. The summed E-state index contributed by atoms with van der Waals surface area (Å²) in [5.41, 5.74) is 5.54. The fourth-order valence-corrected chi connectivity index (χ4v) is 1.51. The number of carboxylic acids is 1. The van der Waals surface area contributed by atoms with Crippen molar-refractivity contribution in [2.24, 2.45) is 17.6 Å². The van der Waals surface area contributed by atoms with Gasteiger partial charge in [0, 0.05) is 13.6 Å². The molecule has 0 aromatic rings. The van der Waals surface area contributed by atoms with Crippen LogP contribution in [0, 0.1) is 11.8 Å². The van der Waals surface area contributed by atoms with Crippen LogP contribution in [0.5, 0.6) is 0 Å². The van der Waals surface area contributed by atoms with Crippen LogP contribution in [0.25, 0.3) is 0 Å². The third-order valence-corrected chi connectivity index (χ3v) is 2.68. The Morgan fingerprint density at radius 1 is 1.31 bits per heavy atom. The first kappa shape index (κ1) is 14.9. The zero-order valence-corrected chi connectivity index (χ0v) is 10.4. The van der Waals surface area contributed by atoms with E-state index in [0.717, 1.165) is 0 Å². The Labute approximate surface area is 96.6 Å². The van der Waals surface area contributed by atoms with Crippen molar-refractivity contribution < 1.29 is 14.7 Å². The van der Waals surface area contributed by atoms with Crippen LogP contribution >= 0.6 is 0 Å². The maximum absolute atomic E-state index is 11.9. The second-order valence-corrected chi connectivity index (χ2v) is 4.53. The van der Waals surface area contributed by atoms with Gasteiger partial charge in [-0.25, -0.2) is 4.79 Å². The van der Waals surface area contributed by atoms with Gasteiger partial charge in [0.2, 0.25) is 5.91 Å². The highest BCUT2D eigenvalue weighted by Crippen LogP contribution is 2.14. The van der Waals surface area contributed by atoms with Crippen molar-refractivity contribution >= 4 is 11.9 Å². The summed E-state index contributed by atoms with van der Waals surface area (Å²) in [6, 6.07) is -0.811. The molecule has 0 saturated heterocycles. The summed E-state index contributed by atoms with van der Waals surface area (Å²) in [7, 11) is 1.50. The van der Waals surface area contributed by atoms with Crippen LogP contribution in [0.15, 0.2) is 0 Å². The van der Waals surface area contributed by atoms with Gasteiger partial charge >= 0.3 is 5.97 Å². The van der Waals surface area contributed by atoms with Crippen LogP contribution in [0.2, 0.25) is 0 Å². The van der Waals surface area contributed by atoms with Gasteiger partial charge < -0.3 is 15.7 Å². The number of nitrogens with zero attached hydrogens (tertiary/aromatic N) is 1. The molecule has 0 radical (unpaired) electrons. The summed E-state index contributed by atoms with van der Waals surface area (Å²) < 4.78 is 0. The van der Waals surface area contributed by atoms with E-state index in [1.54, 1.807) is 0 Å². The predicted octanol–water partition coefficient (Wildman–Crippen LogP) is 0.539. The van der Waals surface area contributed by atoms with Crippen molar-refractivity contribution in [1.82, 2.24) is 4.90 Å². The Balaban J connectivity index is 4.55. The number of carbonyl (C=O) groups excluding carboxylic acids is 1. The second kappa shape index (κ2) is 6.48. The van der Waals surface area contributed by atoms with E-state index in [-0.39, 0.29) is 18.4 Å². The van der Waals surface area contributed by atoms with Crippen molar-refractivity contribution in [3.63, 3.8) is 0 Å². The highest BCUT2D eigenvalue weighted by Gasteiger charge is 2.27. The molecule has 0 heterocycles.